The summed E-state index contributed by atoms with van der Waals surface area (Å²) < 4.78 is 12.9. The minimum Gasteiger partial charge on any atom is -0.396 e. The van der Waals surface area contributed by atoms with Crippen LogP contribution < -0.4 is 0 Å². The Bertz CT molecular complexity index is 539. The van der Waals surface area contributed by atoms with Crippen LogP contribution in [0.4, 0.5) is 4.39 Å². The van der Waals surface area contributed by atoms with Crippen LogP contribution in [-0.2, 0) is 6.42 Å². The lowest BCUT2D eigenvalue weighted by atomic mass is 10.1. The second kappa shape index (κ2) is 7.90. The molecule has 0 aliphatic heterocycles. The van der Waals surface area contributed by atoms with Gasteiger partial charge in [0, 0.05) is 24.4 Å². The van der Waals surface area contributed by atoms with Gasteiger partial charge in [0.1, 0.15) is 5.82 Å². The van der Waals surface area contributed by atoms with Crippen molar-refractivity contribution in [1.29, 1.82) is 0 Å². The van der Waals surface area contributed by atoms with E-state index in [1.54, 1.807) is 12.1 Å². The lowest BCUT2D eigenvalue weighted by Crippen LogP contribution is -2.22. The zero-order chi connectivity index (χ0) is 15.1. The molecule has 2 aromatic rings. The fourth-order valence-corrected chi connectivity index (χ4v) is 2.25. The Labute approximate surface area is 124 Å². The van der Waals surface area contributed by atoms with E-state index in [9.17, 15) is 4.39 Å². The lowest BCUT2D eigenvalue weighted by molar-refractivity contribution is 0.246. The normalized spacial score (nSPS) is 11.2. The standard InChI is InChI=1S/C16H22FN3O/c1-20(10-3-11-21)9-2-4-15-12-16(19-18-15)13-5-7-14(17)8-6-13/h5-8,12,21H,2-4,9-11H2,1H3,(H,18,19). The molecule has 0 saturated carbocycles. The van der Waals surface area contributed by atoms with Crippen LogP contribution in [0.3, 0.4) is 0 Å². The van der Waals surface area contributed by atoms with Gasteiger partial charge in [-0.05, 0) is 63.2 Å². The Balaban J connectivity index is 1.82. The highest BCUT2D eigenvalue weighted by Gasteiger charge is 2.05. The molecule has 4 nitrogen and oxygen atoms in total. The van der Waals surface area contributed by atoms with Crippen LogP contribution >= 0.6 is 0 Å². The third-order valence-corrected chi connectivity index (χ3v) is 3.45. The molecule has 0 aliphatic rings. The van der Waals surface area contributed by atoms with E-state index in [1.807, 2.05) is 6.07 Å². The van der Waals surface area contributed by atoms with Crippen molar-refractivity contribution in [3.8, 4) is 11.3 Å². The van der Waals surface area contributed by atoms with Crippen molar-refractivity contribution in [3.05, 3.63) is 41.8 Å². The number of nitrogens with one attached hydrogen (secondary N) is 1. The summed E-state index contributed by atoms with van der Waals surface area (Å²) >= 11 is 0. The van der Waals surface area contributed by atoms with Gasteiger partial charge in [0.15, 0.2) is 0 Å². The molecule has 1 aromatic heterocycles. The predicted molar refractivity (Wildman–Crippen MR) is 81.5 cm³/mol. The van der Waals surface area contributed by atoms with Gasteiger partial charge in [0.05, 0.1) is 5.69 Å². The number of aliphatic hydroxyl groups is 1. The largest absolute Gasteiger partial charge is 0.396 e. The quantitative estimate of drug-likeness (QED) is 0.785. The monoisotopic (exact) mass is 291 g/mol. The molecule has 114 valence electrons. The van der Waals surface area contributed by atoms with Gasteiger partial charge in [-0.25, -0.2) is 4.39 Å². The second-order valence-electron chi connectivity index (χ2n) is 5.27. The number of halogens is 1. The molecule has 0 aliphatic carbocycles. The summed E-state index contributed by atoms with van der Waals surface area (Å²) in [6.45, 7) is 2.15. The minimum absolute atomic E-state index is 0.236. The molecule has 0 amide bonds. The molecule has 21 heavy (non-hydrogen) atoms. The lowest BCUT2D eigenvalue weighted by Gasteiger charge is -2.14. The molecule has 0 bridgehead atoms. The Morgan fingerprint density at radius 3 is 2.62 bits per heavy atom. The van der Waals surface area contributed by atoms with Crippen LogP contribution in [0.5, 0.6) is 0 Å². The van der Waals surface area contributed by atoms with Crippen molar-refractivity contribution < 1.29 is 9.50 Å². The van der Waals surface area contributed by atoms with Gasteiger partial charge in [0.2, 0.25) is 0 Å². The summed E-state index contributed by atoms with van der Waals surface area (Å²) in [4.78, 5) is 2.22. The van der Waals surface area contributed by atoms with Gasteiger partial charge < -0.3 is 10.0 Å². The van der Waals surface area contributed by atoms with Crippen LogP contribution in [0.25, 0.3) is 11.3 Å². The number of hydrogen-bond acceptors (Lipinski definition) is 3. The first-order chi connectivity index (χ1) is 10.2. The van der Waals surface area contributed by atoms with E-state index in [1.165, 1.54) is 12.1 Å². The second-order valence-corrected chi connectivity index (χ2v) is 5.27. The SMILES string of the molecule is CN(CCCO)CCCc1cc(-c2ccc(F)cc2)n[nH]1. The number of hydrogen-bond donors (Lipinski definition) is 2. The van der Waals surface area contributed by atoms with Gasteiger partial charge in [-0.2, -0.15) is 5.10 Å². The van der Waals surface area contributed by atoms with Crippen molar-refractivity contribution in [3.63, 3.8) is 0 Å². The number of aliphatic hydroxyl groups excluding tert-OH is 1. The van der Waals surface area contributed by atoms with Crippen LogP contribution in [0.2, 0.25) is 0 Å². The molecule has 1 heterocycles. The van der Waals surface area contributed by atoms with Crippen molar-refractivity contribution in [2.45, 2.75) is 19.3 Å². The molecule has 2 N–H and O–H groups in total. The Morgan fingerprint density at radius 1 is 1.19 bits per heavy atom. The first kappa shape index (κ1) is 15.7. The Kier molecular flexibility index (Phi) is 5.90. The van der Waals surface area contributed by atoms with Crippen LogP contribution in [0.1, 0.15) is 18.5 Å². The maximum absolute atomic E-state index is 12.9. The average molecular weight is 291 g/mol. The van der Waals surface area contributed by atoms with Crippen LogP contribution in [-0.4, -0.2) is 46.9 Å². The first-order valence-corrected chi connectivity index (χ1v) is 7.28. The summed E-state index contributed by atoms with van der Waals surface area (Å²) in [5.74, 6) is -0.236. The maximum atomic E-state index is 12.9. The summed E-state index contributed by atoms with van der Waals surface area (Å²) in [6.07, 6.45) is 2.78. The van der Waals surface area contributed by atoms with Crippen molar-refractivity contribution >= 4 is 0 Å². The Morgan fingerprint density at radius 2 is 1.90 bits per heavy atom. The van der Waals surface area contributed by atoms with Gasteiger partial charge >= 0.3 is 0 Å². The summed E-state index contributed by atoms with van der Waals surface area (Å²) in [7, 11) is 2.06. The zero-order valence-electron chi connectivity index (χ0n) is 12.3. The van der Waals surface area contributed by atoms with Gasteiger partial charge in [0.25, 0.3) is 0 Å². The van der Waals surface area contributed by atoms with Crippen molar-refractivity contribution in [2.24, 2.45) is 0 Å². The number of nitrogens with zero attached hydrogens (tertiary/aromatic N) is 2. The van der Waals surface area contributed by atoms with Gasteiger partial charge in [-0.1, -0.05) is 0 Å². The Hall–Kier alpha value is -1.72. The number of rotatable bonds is 8. The zero-order valence-corrected chi connectivity index (χ0v) is 12.3. The fourth-order valence-electron chi connectivity index (χ4n) is 2.25. The van der Waals surface area contributed by atoms with E-state index < -0.39 is 0 Å². The fraction of sp³-hybridized carbons (Fsp3) is 0.438. The summed E-state index contributed by atoms with van der Waals surface area (Å²) in [5, 5.41) is 16.1. The highest BCUT2D eigenvalue weighted by atomic mass is 19.1. The van der Waals surface area contributed by atoms with Crippen molar-refractivity contribution in [2.75, 3.05) is 26.7 Å². The summed E-state index contributed by atoms with van der Waals surface area (Å²) in [5.41, 5.74) is 2.85. The van der Waals surface area contributed by atoms with E-state index in [0.29, 0.717) is 0 Å². The molecule has 5 heteroatoms. The number of aryl methyl sites for hydroxylation is 1. The number of benzene rings is 1. The molecule has 1 aromatic carbocycles. The average Bonchev–Trinajstić information content (AvgIpc) is 2.95. The molecule has 0 radical (unpaired) electrons. The molecule has 0 fully saturated rings. The van der Waals surface area contributed by atoms with Gasteiger partial charge in [-0.15, -0.1) is 0 Å². The number of H-pyrrole nitrogens is 1. The molecule has 0 spiro atoms. The minimum atomic E-state index is -0.236. The molecule has 0 saturated heterocycles. The topological polar surface area (TPSA) is 52.1 Å². The van der Waals surface area contributed by atoms with E-state index in [0.717, 1.165) is 49.3 Å². The molecular formula is C16H22FN3O. The van der Waals surface area contributed by atoms with E-state index in [2.05, 4.69) is 22.1 Å². The highest BCUT2D eigenvalue weighted by molar-refractivity contribution is 5.58. The van der Waals surface area contributed by atoms with E-state index >= 15 is 0 Å². The van der Waals surface area contributed by atoms with E-state index in [-0.39, 0.29) is 12.4 Å². The predicted octanol–water partition coefficient (Wildman–Crippen LogP) is 2.46. The molecule has 2 rings (SSSR count). The molecular weight excluding hydrogens is 269 g/mol. The van der Waals surface area contributed by atoms with E-state index in [4.69, 9.17) is 5.11 Å². The number of aromatic amines is 1. The van der Waals surface area contributed by atoms with Crippen LogP contribution in [0.15, 0.2) is 30.3 Å². The highest BCUT2D eigenvalue weighted by Crippen LogP contribution is 2.18. The van der Waals surface area contributed by atoms with Crippen molar-refractivity contribution in [1.82, 2.24) is 15.1 Å². The smallest absolute Gasteiger partial charge is 0.123 e. The number of aromatic nitrogens is 2. The molecule has 0 atom stereocenters. The maximum Gasteiger partial charge on any atom is 0.123 e. The van der Waals surface area contributed by atoms with Gasteiger partial charge in [-0.3, -0.25) is 5.10 Å². The summed E-state index contributed by atoms with van der Waals surface area (Å²) in [6, 6.07) is 8.37. The van der Waals surface area contributed by atoms with Crippen LogP contribution in [0, 0.1) is 5.82 Å². The third-order valence-electron chi connectivity index (χ3n) is 3.45. The molecule has 0 unspecified atom stereocenters. The third kappa shape index (κ3) is 4.95. The first-order valence-electron chi connectivity index (χ1n) is 7.28.